The molecular weight excluding hydrogens is 397 g/mol. The van der Waals surface area contributed by atoms with E-state index in [4.69, 9.17) is 20.3 Å². The van der Waals surface area contributed by atoms with Gasteiger partial charge in [-0.1, -0.05) is 12.1 Å². The number of aliphatic hydroxyl groups excluding tert-OH is 1. The van der Waals surface area contributed by atoms with Crippen molar-refractivity contribution in [2.24, 2.45) is 5.73 Å². The Morgan fingerprint density at radius 2 is 2.09 bits per heavy atom. The average Bonchev–Trinajstić information content (AvgIpc) is 2.52. The number of ether oxygens (including phenoxy) is 2. The van der Waals surface area contributed by atoms with Gasteiger partial charge in [-0.15, -0.1) is 0 Å². The molecule has 1 aromatic carbocycles. The summed E-state index contributed by atoms with van der Waals surface area (Å²) in [4.78, 5) is 11.4. The molecule has 0 spiro atoms. The van der Waals surface area contributed by atoms with E-state index in [0.29, 0.717) is 19.4 Å². The molecule has 5 nitrogen and oxygen atoms in total. The molecule has 22 heavy (non-hydrogen) atoms. The molecule has 1 aromatic rings. The summed E-state index contributed by atoms with van der Waals surface area (Å²) in [5.74, 6) is -0.391. The van der Waals surface area contributed by atoms with Gasteiger partial charge in [-0.3, -0.25) is 4.79 Å². The van der Waals surface area contributed by atoms with E-state index in [9.17, 15) is 4.79 Å². The van der Waals surface area contributed by atoms with Crippen LogP contribution in [0.1, 0.15) is 30.7 Å². The second kappa shape index (κ2) is 8.50. The minimum atomic E-state index is -0.584. The van der Waals surface area contributed by atoms with Gasteiger partial charge in [0.05, 0.1) is 6.61 Å². The Hall–Kier alpha value is -1.12. The first-order chi connectivity index (χ1) is 10.6. The molecule has 2 rings (SSSR count). The highest BCUT2D eigenvalue weighted by atomic mass is 127. The Balaban J connectivity index is 2.06. The number of benzene rings is 1. The van der Waals surface area contributed by atoms with Crippen LogP contribution in [0.5, 0.6) is 0 Å². The number of unbranched alkanes of at least 4 members (excludes halogenated alkanes) is 1. The number of carbonyl (C=O) groups excluding carboxylic acids is 1. The third-order valence-corrected chi connectivity index (χ3v) is 4.17. The maximum Gasteiger partial charge on any atom is 0.283 e. The third-order valence-electron chi connectivity index (χ3n) is 3.45. The van der Waals surface area contributed by atoms with Crippen LogP contribution in [-0.2, 0) is 14.3 Å². The number of amides is 1. The zero-order valence-corrected chi connectivity index (χ0v) is 14.4. The number of rotatable bonds is 7. The van der Waals surface area contributed by atoms with Crippen molar-refractivity contribution >= 4 is 28.5 Å². The molecule has 1 amide bonds. The van der Waals surface area contributed by atoms with Crippen LogP contribution < -0.4 is 5.73 Å². The second-order valence-electron chi connectivity index (χ2n) is 5.14. The van der Waals surface area contributed by atoms with Gasteiger partial charge in [-0.25, -0.2) is 0 Å². The fraction of sp³-hybridized carbons (Fsp3) is 0.438. The highest BCUT2D eigenvalue weighted by Crippen LogP contribution is 2.31. The molecule has 0 saturated heterocycles. The fourth-order valence-corrected chi connectivity index (χ4v) is 2.66. The summed E-state index contributed by atoms with van der Waals surface area (Å²) in [6.07, 6.45) is 3.34. The quantitative estimate of drug-likeness (QED) is 0.527. The molecule has 0 bridgehead atoms. The van der Waals surface area contributed by atoms with Crippen LogP contribution in [0.15, 0.2) is 36.1 Å². The van der Waals surface area contributed by atoms with E-state index in [1.54, 1.807) is 6.08 Å². The van der Waals surface area contributed by atoms with Crippen molar-refractivity contribution in [3.05, 3.63) is 45.2 Å². The molecule has 2 atom stereocenters. The molecule has 0 fully saturated rings. The van der Waals surface area contributed by atoms with Gasteiger partial charge in [0.15, 0.2) is 5.76 Å². The topological polar surface area (TPSA) is 81.8 Å². The highest BCUT2D eigenvalue weighted by molar-refractivity contribution is 14.1. The Bertz CT molecular complexity index is 529. The zero-order valence-electron chi connectivity index (χ0n) is 12.2. The van der Waals surface area contributed by atoms with Gasteiger partial charge in [0.1, 0.15) is 0 Å². The normalized spacial score (nSPS) is 21.1. The molecule has 0 radical (unpaired) electrons. The molecular formula is C16H20INO4. The summed E-state index contributed by atoms with van der Waals surface area (Å²) in [5, 5.41) is 8.77. The number of carbonyl (C=O) groups is 1. The summed E-state index contributed by atoms with van der Waals surface area (Å²) >= 11 is 2.25. The maximum absolute atomic E-state index is 11.4. The van der Waals surface area contributed by atoms with Crippen molar-refractivity contribution in [2.75, 3.05) is 13.2 Å². The molecule has 0 unspecified atom stereocenters. The summed E-state index contributed by atoms with van der Waals surface area (Å²) < 4.78 is 12.3. The van der Waals surface area contributed by atoms with Crippen molar-refractivity contribution in [3.63, 3.8) is 0 Å². The Morgan fingerprint density at radius 3 is 2.73 bits per heavy atom. The van der Waals surface area contributed by atoms with Crippen molar-refractivity contribution in [2.45, 2.75) is 31.5 Å². The largest absolute Gasteiger partial charge is 0.459 e. The first-order valence-corrected chi connectivity index (χ1v) is 8.34. The monoisotopic (exact) mass is 417 g/mol. The van der Waals surface area contributed by atoms with Gasteiger partial charge in [0.25, 0.3) is 5.91 Å². The number of hydrogen-bond acceptors (Lipinski definition) is 4. The van der Waals surface area contributed by atoms with Crippen LogP contribution >= 0.6 is 22.6 Å². The molecule has 0 saturated carbocycles. The maximum atomic E-state index is 11.4. The van der Waals surface area contributed by atoms with E-state index < -0.39 is 12.2 Å². The predicted molar refractivity (Wildman–Crippen MR) is 90.9 cm³/mol. The summed E-state index contributed by atoms with van der Waals surface area (Å²) in [6, 6.07) is 8.13. The van der Waals surface area contributed by atoms with E-state index in [1.807, 2.05) is 24.3 Å². The van der Waals surface area contributed by atoms with E-state index in [2.05, 4.69) is 22.6 Å². The van der Waals surface area contributed by atoms with Crippen molar-refractivity contribution < 1.29 is 19.4 Å². The molecule has 6 heteroatoms. The zero-order chi connectivity index (χ0) is 15.9. The molecule has 3 N–H and O–H groups in total. The lowest BCUT2D eigenvalue weighted by atomic mass is 9.93. The molecule has 120 valence electrons. The number of halogens is 1. The highest BCUT2D eigenvalue weighted by Gasteiger charge is 2.27. The smallest absolute Gasteiger partial charge is 0.283 e. The lowest BCUT2D eigenvalue weighted by Gasteiger charge is -2.28. The lowest BCUT2D eigenvalue weighted by molar-refractivity contribution is -0.144. The van der Waals surface area contributed by atoms with Crippen LogP contribution in [0.3, 0.4) is 0 Å². The number of nitrogens with two attached hydrogens (primary N) is 1. The Morgan fingerprint density at radius 1 is 1.36 bits per heavy atom. The molecule has 1 aliphatic heterocycles. The van der Waals surface area contributed by atoms with Crippen molar-refractivity contribution in [1.29, 1.82) is 0 Å². The van der Waals surface area contributed by atoms with Gasteiger partial charge in [0.2, 0.25) is 6.29 Å². The van der Waals surface area contributed by atoms with Crippen LogP contribution in [-0.4, -0.2) is 30.5 Å². The van der Waals surface area contributed by atoms with Crippen LogP contribution in [0.2, 0.25) is 0 Å². The van der Waals surface area contributed by atoms with Crippen molar-refractivity contribution in [3.8, 4) is 0 Å². The minimum absolute atomic E-state index is 0.0380. The number of hydrogen-bond donors (Lipinski definition) is 2. The molecule has 0 aromatic heterocycles. The minimum Gasteiger partial charge on any atom is -0.459 e. The van der Waals surface area contributed by atoms with Gasteiger partial charge in [-0.05, 0) is 59.2 Å². The first kappa shape index (κ1) is 17.2. The summed E-state index contributed by atoms with van der Waals surface area (Å²) in [5.41, 5.74) is 6.45. The summed E-state index contributed by atoms with van der Waals surface area (Å²) in [6.45, 7) is 0.628. The van der Waals surface area contributed by atoms with Crippen molar-refractivity contribution in [1.82, 2.24) is 0 Å². The summed E-state index contributed by atoms with van der Waals surface area (Å²) in [7, 11) is 0. The van der Waals surface area contributed by atoms with Gasteiger partial charge in [-0.2, -0.15) is 0 Å². The van der Waals surface area contributed by atoms with Crippen LogP contribution in [0.25, 0.3) is 0 Å². The van der Waals surface area contributed by atoms with E-state index in [-0.39, 0.29) is 18.3 Å². The lowest BCUT2D eigenvalue weighted by Crippen LogP contribution is -2.29. The Kier molecular flexibility index (Phi) is 6.66. The number of allylic oxidation sites excluding steroid dienone is 1. The second-order valence-corrected chi connectivity index (χ2v) is 6.38. The van der Waals surface area contributed by atoms with E-state index in [0.717, 1.165) is 15.6 Å². The van der Waals surface area contributed by atoms with Gasteiger partial charge in [0, 0.05) is 22.5 Å². The number of primary amides is 1. The average molecular weight is 417 g/mol. The van der Waals surface area contributed by atoms with Gasteiger partial charge < -0.3 is 20.3 Å². The van der Waals surface area contributed by atoms with E-state index >= 15 is 0 Å². The fourth-order valence-electron chi connectivity index (χ4n) is 2.30. The molecule has 1 heterocycles. The predicted octanol–water partition coefficient (Wildman–Crippen LogP) is 2.28. The van der Waals surface area contributed by atoms with Crippen LogP contribution in [0, 0.1) is 3.57 Å². The molecule has 1 aliphatic rings. The Labute approximate surface area is 143 Å². The van der Waals surface area contributed by atoms with Gasteiger partial charge >= 0.3 is 0 Å². The number of aliphatic hydroxyl groups is 1. The third kappa shape index (κ3) is 4.96. The molecule has 0 aliphatic carbocycles. The van der Waals surface area contributed by atoms with Crippen LogP contribution in [0.4, 0.5) is 0 Å². The SMILES string of the molecule is NC(=O)C1=C[C@H](c2ccc(I)cc2)C[C@H](OCCCCO)O1. The first-order valence-electron chi connectivity index (χ1n) is 7.26. The van der Waals surface area contributed by atoms with E-state index in [1.165, 1.54) is 0 Å². The standard InChI is InChI=1S/C16H20INO4/c17-13-5-3-11(4-6-13)12-9-14(16(18)20)22-15(10-12)21-8-2-1-7-19/h3-6,9,12,15,19H,1-2,7-8,10H2,(H2,18,20)/t12-,15+/m0/s1.